The number of amides is 1. The predicted molar refractivity (Wildman–Crippen MR) is 76.5 cm³/mol. The van der Waals surface area contributed by atoms with E-state index in [1.165, 1.54) is 12.8 Å². The largest absolute Gasteiger partial charge is 0.308 e. The van der Waals surface area contributed by atoms with Crippen molar-refractivity contribution in [2.75, 3.05) is 18.4 Å². The maximum absolute atomic E-state index is 11.9. The second kappa shape index (κ2) is 6.39. The van der Waals surface area contributed by atoms with Crippen molar-refractivity contribution in [1.82, 2.24) is 15.1 Å². The zero-order valence-corrected chi connectivity index (χ0v) is 12.3. The van der Waals surface area contributed by atoms with Crippen LogP contribution in [0.1, 0.15) is 38.3 Å². The van der Waals surface area contributed by atoms with Gasteiger partial charge in [0.1, 0.15) is 5.02 Å². The molecule has 0 saturated carbocycles. The summed E-state index contributed by atoms with van der Waals surface area (Å²) in [6.45, 7) is 6.32. The topological polar surface area (TPSA) is 61.0 Å². The quantitative estimate of drug-likeness (QED) is 0.874. The predicted octanol–water partition coefficient (Wildman–Crippen LogP) is 2.57. The molecule has 0 spiro atoms. The Kier molecular flexibility index (Phi) is 4.82. The number of nitrogens with zero attached hydrogens (tertiary/aromatic N) is 2. The van der Waals surface area contributed by atoms with Gasteiger partial charge in [0.15, 0.2) is 5.82 Å². The lowest BCUT2D eigenvalue weighted by atomic mass is 10.1. The van der Waals surface area contributed by atoms with Crippen molar-refractivity contribution in [2.24, 2.45) is 0 Å². The second-order valence-electron chi connectivity index (χ2n) is 5.19. The number of rotatable bonds is 5. The average Bonchev–Trinajstić information content (AvgIpc) is 3.02. The highest BCUT2D eigenvalue weighted by molar-refractivity contribution is 6.34. The fourth-order valence-electron chi connectivity index (χ4n) is 2.40. The lowest BCUT2D eigenvalue weighted by molar-refractivity contribution is -0.116. The van der Waals surface area contributed by atoms with Crippen molar-refractivity contribution in [3.63, 3.8) is 0 Å². The molecule has 6 heteroatoms. The summed E-state index contributed by atoms with van der Waals surface area (Å²) in [6.07, 6.45) is 3.92. The highest BCUT2D eigenvalue weighted by Crippen LogP contribution is 2.22. The molecule has 0 radical (unpaired) electrons. The van der Waals surface area contributed by atoms with Gasteiger partial charge in [0, 0.05) is 12.5 Å². The number of carbonyl (C=O) groups excluding carboxylic acids is 1. The number of aromatic amines is 1. The lowest BCUT2D eigenvalue weighted by Gasteiger charge is -2.23. The molecule has 1 aliphatic rings. The van der Waals surface area contributed by atoms with Gasteiger partial charge in [-0.1, -0.05) is 11.6 Å². The van der Waals surface area contributed by atoms with Crippen LogP contribution >= 0.6 is 11.6 Å². The minimum atomic E-state index is -0.0283. The molecule has 2 N–H and O–H groups in total. The van der Waals surface area contributed by atoms with Gasteiger partial charge < -0.3 is 10.2 Å². The van der Waals surface area contributed by atoms with Crippen LogP contribution in [0.3, 0.4) is 0 Å². The third-order valence-electron chi connectivity index (χ3n) is 3.68. The van der Waals surface area contributed by atoms with E-state index in [1.54, 1.807) is 0 Å². The normalized spacial score (nSPS) is 17.6. The third kappa shape index (κ3) is 3.70. The number of halogens is 1. The Labute approximate surface area is 118 Å². The van der Waals surface area contributed by atoms with Crippen molar-refractivity contribution in [2.45, 2.75) is 45.6 Å². The van der Waals surface area contributed by atoms with Crippen LogP contribution < -0.4 is 5.32 Å². The van der Waals surface area contributed by atoms with Gasteiger partial charge in [-0.25, -0.2) is 0 Å². The number of nitrogens with one attached hydrogen (secondary N) is 2. The van der Waals surface area contributed by atoms with Gasteiger partial charge in [-0.3, -0.25) is 9.89 Å². The molecular weight excluding hydrogens is 264 g/mol. The molecule has 1 amide bonds. The molecular formula is C13H21ClN4O. The molecule has 2 rings (SSSR count). The van der Waals surface area contributed by atoms with Crippen LogP contribution in [-0.4, -0.2) is 40.1 Å². The lowest BCUT2D eigenvalue weighted by Crippen LogP contribution is -2.31. The Hall–Kier alpha value is -1.07. The van der Waals surface area contributed by atoms with E-state index in [2.05, 4.69) is 27.3 Å². The number of anilines is 1. The molecule has 19 heavy (non-hydrogen) atoms. The first-order chi connectivity index (χ1) is 9.08. The second-order valence-corrected chi connectivity index (χ2v) is 5.57. The van der Waals surface area contributed by atoms with Gasteiger partial charge in [-0.15, -0.1) is 0 Å². The Bertz CT molecular complexity index is 440. The molecule has 0 aliphatic carbocycles. The number of hydrogen-bond donors (Lipinski definition) is 2. The van der Waals surface area contributed by atoms with E-state index < -0.39 is 0 Å². The van der Waals surface area contributed by atoms with E-state index in [1.807, 2.05) is 6.92 Å². The summed E-state index contributed by atoms with van der Waals surface area (Å²) in [4.78, 5) is 14.3. The Morgan fingerprint density at radius 1 is 1.53 bits per heavy atom. The number of aryl methyl sites for hydroxylation is 1. The van der Waals surface area contributed by atoms with Gasteiger partial charge in [0.25, 0.3) is 0 Å². The van der Waals surface area contributed by atoms with E-state index in [4.69, 9.17) is 11.6 Å². The van der Waals surface area contributed by atoms with E-state index in [0.717, 1.165) is 25.2 Å². The van der Waals surface area contributed by atoms with Crippen molar-refractivity contribution in [3.05, 3.63) is 10.7 Å². The van der Waals surface area contributed by atoms with Crippen molar-refractivity contribution in [3.8, 4) is 0 Å². The van der Waals surface area contributed by atoms with Crippen LogP contribution in [0.5, 0.6) is 0 Å². The Balaban J connectivity index is 1.76. The van der Waals surface area contributed by atoms with Crippen molar-refractivity contribution >= 4 is 23.3 Å². The molecule has 1 fully saturated rings. The van der Waals surface area contributed by atoms with Gasteiger partial charge in [-0.2, -0.15) is 5.10 Å². The van der Waals surface area contributed by atoms with Crippen LogP contribution in [0.4, 0.5) is 5.82 Å². The molecule has 2 heterocycles. The first-order valence-electron chi connectivity index (χ1n) is 6.82. The number of carbonyl (C=O) groups is 1. The highest BCUT2D eigenvalue weighted by atomic mass is 35.5. The summed E-state index contributed by atoms with van der Waals surface area (Å²) in [5.41, 5.74) is 0.766. The van der Waals surface area contributed by atoms with Crippen LogP contribution in [-0.2, 0) is 4.79 Å². The number of hydrogen-bond acceptors (Lipinski definition) is 3. The van der Waals surface area contributed by atoms with Gasteiger partial charge >= 0.3 is 0 Å². The maximum atomic E-state index is 11.9. The SMILES string of the molecule is Cc1[nH]nc(NC(=O)CCC(C)N2CCCC2)c1Cl. The summed E-state index contributed by atoms with van der Waals surface area (Å²) in [7, 11) is 0. The molecule has 1 aromatic rings. The molecule has 1 atom stereocenters. The van der Waals surface area contributed by atoms with Crippen LogP contribution in [0, 0.1) is 6.92 Å². The highest BCUT2D eigenvalue weighted by Gasteiger charge is 2.19. The number of H-pyrrole nitrogens is 1. The average molecular weight is 285 g/mol. The maximum Gasteiger partial charge on any atom is 0.225 e. The minimum Gasteiger partial charge on any atom is -0.308 e. The summed E-state index contributed by atoms with van der Waals surface area (Å²) in [5.74, 6) is 0.400. The van der Waals surface area contributed by atoms with E-state index in [9.17, 15) is 4.79 Å². The molecule has 0 aromatic carbocycles. The first-order valence-corrected chi connectivity index (χ1v) is 7.20. The number of likely N-dealkylation sites (tertiary alicyclic amines) is 1. The third-order valence-corrected chi connectivity index (χ3v) is 4.15. The zero-order valence-electron chi connectivity index (χ0n) is 11.5. The molecule has 0 bridgehead atoms. The smallest absolute Gasteiger partial charge is 0.225 e. The molecule has 1 saturated heterocycles. The minimum absolute atomic E-state index is 0.0283. The van der Waals surface area contributed by atoms with Crippen molar-refractivity contribution in [1.29, 1.82) is 0 Å². The first kappa shape index (κ1) is 14.3. The van der Waals surface area contributed by atoms with E-state index in [0.29, 0.717) is 23.3 Å². The standard InChI is InChI=1S/C13H21ClN4O/c1-9(18-7-3-4-8-18)5-6-11(19)15-13-12(14)10(2)16-17-13/h9H,3-8H2,1-2H3,(H2,15,16,17,19). The van der Waals surface area contributed by atoms with Crippen LogP contribution in [0.15, 0.2) is 0 Å². The van der Waals surface area contributed by atoms with E-state index in [-0.39, 0.29) is 5.91 Å². The fourth-order valence-corrected chi connectivity index (χ4v) is 2.53. The molecule has 1 unspecified atom stereocenters. The van der Waals surface area contributed by atoms with Gasteiger partial charge in [0.05, 0.1) is 5.69 Å². The summed E-state index contributed by atoms with van der Waals surface area (Å²) >= 11 is 6.00. The molecule has 1 aliphatic heterocycles. The van der Waals surface area contributed by atoms with Crippen LogP contribution in [0.2, 0.25) is 5.02 Å². The van der Waals surface area contributed by atoms with Crippen molar-refractivity contribution < 1.29 is 4.79 Å². The zero-order chi connectivity index (χ0) is 13.8. The molecule has 5 nitrogen and oxygen atoms in total. The summed E-state index contributed by atoms with van der Waals surface area (Å²) in [5, 5.41) is 9.94. The van der Waals surface area contributed by atoms with Crippen LogP contribution in [0.25, 0.3) is 0 Å². The molecule has 1 aromatic heterocycles. The summed E-state index contributed by atoms with van der Waals surface area (Å²) in [6, 6.07) is 0.463. The Morgan fingerprint density at radius 3 is 2.79 bits per heavy atom. The Morgan fingerprint density at radius 2 is 2.21 bits per heavy atom. The van der Waals surface area contributed by atoms with Gasteiger partial charge in [-0.05, 0) is 46.2 Å². The number of aromatic nitrogens is 2. The summed E-state index contributed by atoms with van der Waals surface area (Å²) < 4.78 is 0. The fraction of sp³-hybridized carbons (Fsp3) is 0.692. The van der Waals surface area contributed by atoms with E-state index >= 15 is 0 Å². The monoisotopic (exact) mass is 284 g/mol. The van der Waals surface area contributed by atoms with Gasteiger partial charge in [0.2, 0.25) is 5.91 Å². The molecule has 106 valence electrons.